The van der Waals surface area contributed by atoms with E-state index >= 15 is 0 Å². The van der Waals surface area contributed by atoms with Gasteiger partial charge in [0.25, 0.3) is 5.91 Å². The van der Waals surface area contributed by atoms with Crippen molar-refractivity contribution < 1.29 is 31.1 Å². The molecule has 0 aliphatic rings. The summed E-state index contributed by atoms with van der Waals surface area (Å²) in [5, 5.41) is 5.36. The number of rotatable bonds is 2. The predicted molar refractivity (Wildman–Crippen MR) is 75.3 cm³/mol. The number of carbonyl (C=O) groups is 1. The maximum atomic E-state index is 12.9. The van der Waals surface area contributed by atoms with Crippen LogP contribution >= 0.6 is 15.9 Å². The first kappa shape index (κ1) is 18.3. The lowest BCUT2D eigenvalue weighted by Gasteiger charge is -2.12. The molecule has 2 aromatic rings. The van der Waals surface area contributed by atoms with Gasteiger partial charge in [-0.3, -0.25) is 9.48 Å². The highest BCUT2D eigenvalue weighted by Crippen LogP contribution is 2.37. The highest BCUT2D eigenvalue weighted by molar-refractivity contribution is 9.10. The van der Waals surface area contributed by atoms with Gasteiger partial charge in [-0.2, -0.15) is 31.4 Å². The monoisotopic (exact) mass is 415 g/mol. The molecule has 2 rings (SSSR count). The van der Waals surface area contributed by atoms with Gasteiger partial charge in [-0.05, 0) is 28.1 Å². The Kier molecular flexibility index (Phi) is 4.66. The number of aryl methyl sites for hydroxylation is 1. The van der Waals surface area contributed by atoms with Gasteiger partial charge in [-0.25, -0.2) is 0 Å². The molecule has 0 bridgehead atoms. The lowest BCUT2D eigenvalue weighted by molar-refractivity contribution is -0.144. The highest BCUT2D eigenvalue weighted by atomic mass is 79.9. The van der Waals surface area contributed by atoms with Gasteiger partial charge in [0.05, 0.1) is 15.7 Å². The molecule has 1 aromatic heterocycles. The minimum Gasteiger partial charge on any atom is -0.320 e. The number of amides is 1. The Bertz CT molecular complexity index is 781. The summed E-state index contributed by atoms with van der Waals surface area (Å²) in [5.74, 6) is -1.20. The van der Waals surface area contributed by atoms with Crippen LogP contribution in [0.1, 0.15) is 21.7 Å². The molecule has 1 aromatic carbocycles. The smallest absolute Gasteiger partial charge is 0.320 e. The number of anilines is 1. The zero-order valence-electron chi connectivity index (χ0n) is 11.8. The molecule has 4 nitrogen and oxygen atoms in total. The summed E-state index contributed by atoms with van der Waals surface area (Å²) >= 11 is 2.62. The third kappa shape index (κ3) is 3.55. The van der Waals surface area contributed by atoms with Crippen molar-refractivity contribution in [2.24, 2.45) is 7.05 Å². The van der Waals surface area contributed by atoms with Crippen molar-refractivity contribution in [3.8, 4) is 0 Å². The van der Waals surface area contributed by atoms with Gasteiger partial charge in [0.1, 0.15) is 0 Å². The zero-order chi connectivity index (χ0) is 18.3. The minimum absolute atomic E-state index is 0.425. The Morgan fingerprint density at radius 3 is 2.21 bits per heavy atom. The van der Waals surface area contributed by atoms with E-state index in [1.165, 1.54) is 6.07 Å². The molecule has 0 radical (unpaired) electrons. The normalized spacial score (nSPS) is 12.3. The number of para-hydroxylation sites is 1. The summed E-state index contributed by atoms with van der Waals surface area (Å²) in [6.07, 6.45) is -9.52. The summed E-state index contributed by atoms with van der Waals surface area (Å²) in [6.45, 7) is 0. The number of nitrogens with zero attached hydrogens (tertiary/aromatic N) is 2. The zero-order valence-corrected chi connectivity index (χ0v) is 13.3. The quantitative estimate of drug-likeness (QED) is 0.735. The largest absolute Gasteiger partial charge is 0.434 e. The number of aromatic nitrogens is 2. The van der Waals surface area contributed by atoms with E-state index in [0.717, 1.165) is 25.2 Å². The lowest BCUT2D eigenvalue weighted by Crippen LogP contribution is -2.17. The second-order valence-electron chi connectivity index (χ2n) is 4.63. The van der Waals surface area contributed by atoms with Crippen LogP contribution in [0.2, 0.25) is 0 Å². The summed E-state index contributed by atoms with van der Waals surface area (Å²) < 4.78 is 77.0. The van der Waals surface area contributed by atoms with Crippen LogP contribution in [0.3, 0.4) is 0 Å². The Morgan fingerprint density at radius 1 is 1.12 bits per heavy atom. The van der Waals surface area contributed by atoms with Crippen LogP contribution in [-0.4, -0.2) is 15.7 Å². The van der Waals surface area contributed by atoms with E-state index in [-0.39, 0.29) is 0 Å². The number of alkyl halides is 6. The first-order valence-electron chi connectivity index (χ1n) is 6.20. The molecule has 0 saturated heterocycles. The van der Waals surface area contributed by atoms with Crippen LogP contribution < -0.4 is 5.32 Å². The van der Waals surface area contributed by atoms with Crippen molar-refractivity contribution in [3.63, 3.8) is 0 Å². The van der Waals surface area contributed by atoms with Gasteiger partial charge in [0.15, 0.2) is 11.4 Å². The third-order valence-corrected chi connectivity index (χ3v) is 3.70. The van der Waals surface area contributed by atoms with E-state index in [0.29, 0.717) is 4.68 Å². The molecule has 0 saturated carbocycles. The molecule has 0 fully saturated rings. The van der Waals surface area contributed by atoms with Gasteiger partial charge in [-0.15, -0.1) is 0 Å². The minimum atomic E-state index is -4.79. The fourth-order valence-electron chi connectivity index (χ4n) is 1.97. The summed E-state index contributed by atoms with van der Waals surface area (Å²) in [7, 11) is 0.966. The molecular formula is C13H8BrF6N3O. The third-order valence-electron chi connectivity index (χ3n) is 2.95. The SMILES string of the molecule is Cn1nc(C(=O)Nc2ccccc2C(F)(F)F)c(Br)c1C(F)(F)F. The average Bonchev–Trinajstić information content (AvgIpc) is 2.73. The molecule has 0 atom stereocenters. The van der Waals surface area contributed by atoms with Crippen LogP contribution in [0.15, 0.2) is 28.7 Å². The Balaban J connectivity index is 2.40. The fraction of sp³-hybridized carbons (Fsp3) is 0.231. The second-order valence-corrected chi connectivity index (χ2v) is 5.42. The van der Waals surface area contributed by atoms with E-state index in [9.17, 15) is 31.1 Å². The van der Waals surface area contributed by atoms with E-state index in [1.54, 1.807) is 0 Å². The summed E-state index contributed by atoms with van der Waals surface area (Å²) in [4.78, 5) is 12.1. The van der Waals surface area contributed by atoms with Crippen molar-refractivity contribution in [3.05, 3.63) is 45.7 Å². The predicted octanol–water partition coefficient (Wildman–Crippen LogP) is 4.47. The maximum Gasteiger partial charge on any atom is 0.434 e. The maximum absolute atomic E-state index is 12.9. The number of hydrogen-bond donors (Lipinski definition) is 1. The number of halogens is 7. The Labute approximate surface area is 139 Å². The topological polar surface area (TPSA) is 46.9 Å². The van der Waals surface area contributed by atoms with E-state index in [4.69, 9.17) is 0 Å². The van der Waals surface area contributed by atoms with Gasteiger partial charge < -0.3 is 5.32 Å². The first-order chi connectivity index (χ1) is 10.9. The van der Waals surface area contributed by atoms with Gasteiger partial charge in [0, 0.05) is 7.05 Å². The number of benzene rings is 1. The number of nitrogens with one attached hydrogen (secondary N) is 1. The Morgan fingerprint density at radius 2 is 1.71 bits per heavy atom. The molecular weight excluding hydrogens is 408 g/mol. The first-order valence-corrected chi connectivity index (χ1v) is 6.99. The molecule has 0 spiro atoms. The molecule has 0 aliphatic heterocycles. The average molecular weight is 416 g/mol. The molecule has 0 unspecified atom stereocenters. The van der Waals surface area contributed by atoms with Crippen molar-refractivity contribution in [2.45, 2.75) is 12.4 Å². The molecule has 130 valence electrons. The molecule has 1 amide bonds. The molecule has 0 aliphatic carbocycles. The van der Waals surface area contributed by atoms with E-state index < -0.39 is 45.4 Å². The van der Waals surface area contributed by atoms with Gasteiger partial charge in [-0.1, -0.05) is 12.1 Å². The van der Waals surface area contributed by atoms with Gasteiger partial charge in [0.2, 0.25) is 0 Å². The number of carbonyl (C=O) groups excluding carboxylic acids is 1. The lowest BCUT2D eigenvalue weighted by atomic mass is 10.1. The van der Waals surface area contributed by atoms with Crippen molar-refractivity contribution in [2.75, 3.05) is 5.32 Å². The van der Waals surface area contributed by atoms with Crippen LogP contribution in [0, 0.1) is 0 Å². The molecule has 11 heteroatoms. The van der Waals surface area contributed by atoms with Crippen LogP contribution in [0.4, 0.5) is 32.0 Å². The van der Waals surface area contributed by atoms with Crippen LogP contribution in [-0.2, 0) is 19.4 Å². The summed E-state index contributed by atoms with van der Waals surface area (Å²) in [6, 6.07) is 4.10. The Hall–Kier alpha value is -2.04. The molecule has 1 N–H and O–H groups in total. The fourth-order valence-corrected chi connectivity index (χ4v) is 2.71. The standard InChI is InChI=1S/C13H8BrF6N3O/c1-23-10(13(18,19)20)8(14)9(22-23)11(24)21-7-5-3-2-4-6(7)12(15,16)17/h2-5H,1H3,(H,21,24). The van der Waals surface area contributed by atoms with E-state index in [2.05, 4.69) is 21.0 Å². The molecule has 1 heterocycles. The van der Waals surface area contributed by atoms with Crippen molar-refractivity contribution in [1.82, 2.24) is 9.78 Å². The van der Waals surface area contributed by atoms with Gasteiger partial charge >= 0.3 is 12.4 Å². The van der Waals surface area contributed by atoms with Crippen LogP contribution in [0.5, 0.6) is 0 Å². The second kappa shape index (κ2) is 6.11. The van der Waals surface area contributed by atoms with Crippen molar-refractivity contribution in [1.29, 1.82) is 0 Å². The van der Waals surface area contributed by atoms with E-state index in [1.807, 2.05) is 5.32 Å². The number of hydrogen-bond acceptors (Lipinski definition) is 2. The summed E-state index contributed by atoms with van der Waals surface area (Å²) in [5.41, 5.74) is -3.61. The van der Waals surface area contributed by atoms with Crippen molar-refractivity contribution >= 4 is 27.5 Å². The molecule has 24 heavy (non-hydrogen) atoms. The van der Waals surface area contributed by atoms with Crippen LogP contribution in [0.25, 0.3) is 0 Å². The highest BCUT2D eigenvalue weighted by Gasteiger charge is 2.40.